The first kappa shape index (κ1) is 27.5. The van der Waals surface area contributed by atoms with Gasteiger partial charge in [0.05, 0.1) is 19.4 Å². The van der Waals surface area contributed by atoms with Gasteiger partial charge in [-0.2, -0.15) is 0 Å². The molecule has 0 atom stereocenters. The van der Waals surface area contributed by atoms with Crippen molar-refractivity contribution in [2.24, 2.45) is 0 Å². The summed E-state index contributed by atoms with van der Waals surface area (Å²) in [7, 11) is 1.61. The fraction of sp³-hybridized carbons (Fsp3) is 0.741. The molecule has 1 aromatic carbocycles. The van der Waals surface area contributed by atoms with E-state index in [1.165, 1.54) is 89.9 Å². The number of nitrogens with zero attached hydrogens (tertiary/aromatic N) is 1. The first-order chi connectivity index (χ1) is 15.3. The predicted molar refractivity (Wildman–Crippen MR) is 132 cm³/mol. The van der Waals surface area contributed by atoms with E-state index in [-0.39, 0.29) is 6.61 Å². The Hall–Kier alpha value is -1.55. The van der Waals surface area contributed by atoms with E-state index in [0.29, 0.717) is 12.3 Å². The van der Waals surface area contributed by atoms with Crippen molar-refractivity contribution < 1.29 is 14.6 Å². The lowest BCUT2D eigenvalue weighted by molar-refractivity contribution is -0.107. The van der Waals surface area contributed by atoms with E-state index in [4.69, 9.17) is 4.74 Å². The van der Waals surface area contributed by atoms with Crippen molar-refractivity contribution in [1.29, 1.82) is 0 Å². The molecule has 0 unspecified atom stereocenters. The zero-order chi connectivity index (χ0) is 22.6. The molecule has 0 bridgehead atoms. The van der Waals surface area contributed by atoms with Gasteiger partial charge in [0.15, 0.2) is 0 Å². The number of carbonyl (C=O) groups is 1. The third kappa shape index (κ3) is 12.8. The molecule has 31 heavy (non-hydrogen) atoms. The summed E-state index contributed by atoms with van der Waals surface area (Å²) in [6, 6.07) is 5.46. The Morgan fingerprint density at radius 2 is 1.29 bits per heavy atom. The highest BCUT2D eigenvalue weighted by atomic mass is 16.5. The molecule has 0 saturated carbocycles. The first-order valence-corrected chi connectivity index (χ1v) is 12.8. The summed E-state index contributed by atoms with van der Waals surface area (Å²) in [5.41, 5.74) is 1.50. The van der Waals surface area contributed by atoms with Gasteiger partial charge in [-0.15, -0.1) is 0 Å². The van der Waals surface area contributed by atoms with Crippen LogP contribution in [0, 0.1) is 0 Å². The van der Waals surface area contributed by atoms with Crippen LogP contribution in [0.1, 0.15) is 115 Å². The number of amides is 1. The van der Waals surface area contributed by atoms with Gasteiger partial charge >= 0.3 is 0 Å². The number of ether oxygens (including phenoxy) is 1. The van der Waals surface area contributed by atoms with E-state index in [1.807, 2.05) is 18.2 Å². The SMILES string of the molecule is CCCCCCCCCCCCCCCCCCN(C=O)c1cc(OC)ccc1CO. The zero-order valence-electron chi connectivity index (χ0n) is 20.2. The zero-order valence-corrected chi connectivity index (χ0v) is 20.2. The standard InChI is InChI=1S/C27H47NO3/c1-3-4-5-6-7-8-9-10-11-12-13-14-15-16-17-18-21-28(24-30)27-22-26(31-2)20-19-25(27)23-29/h19-20,22,24,29H,3-18,21,23H2,1-2H3. The second-order valence-corrected chi connectivity index (χ2v) is 8.75. The Balaban J connectivity index is 2.03. The molecule has 0 aliphatic carbocycles. The van der Waals surface area contributed by atoms with Gasteiger partial charge in [-0.3, -0.25) is 4.79 Å². The van der Waals surface area contributed by atoms with E-state index in [0.717, 1.165) is 30.5 Å². The highest BCUT2D eigenvalue weighted by Gasteiger charge is 2.11. The van der Waals surface area contributed by atoms with Gasteiger partial charge < -0.3 is 14.7 Å². The highest BCUT2D eigenvalue weighted by molar-refractivity contribution is 5.77. The molecule has 0 aromatic heterocycles. The van der Waals surface area contributed by atoms with Crippen LogP contribution in [-0.4, -0.2) is 25.2 Å². The number of unbranched alkanes of at least 4 members (excludes halogenated alkanes) is 15. The Morgan fingerprint density at radius 1 is 0.806 bits per heavy atom. The van der Waals surface area contributed by atoms with Crippen molar-refractivity contribution in [3.05, 3.63) is 23.8 Å². The minimum atomic E-state index is -0.0807. The van der Waals surface area contributed by atoms with E-state index >= 15 is 0 Å². The molecule has 0 aliphatic heterocycles. The lowest BCUT2D eigenvalue weighted by Gasteiger charge is -2.21. The summed E-state index contributed by atoms with van der Waals surface area (Å²) in [6.07, 6.45) is 22.3. The molecule has 1 aromatic rings. The maximum absolute atomic E-state index is 11.6. The van der Waals surface area contributed by atoms with E-state index in [9.17, 15) is 9.90 Å². The van der Waals surface area contributed by atoms with Crippen molar-refractivity contribution >= 4 is 12.1 Å². The van der Waals surface area contributed by atoms with Crippen LogP contribution in [0.25, 0.3) is 0 Å². The molecule has 0 spiro atoms. The molecular weight excluding hydrogens is 386 g/mol. The summed E-state index contributed by atoms with van der Waals surface area (Å²) in [5.74, 6) is 0.700. The number of aliphatic hydroxyl groups excluding tert-OH is 1. The van der Waals surface area contributed by atoms with Gasteiger partial charge in [-0.05, 0) is 12.5 Å². The minimum absolute atomic E-state index is 0.0807. The molecule has 4 nitrogen and oxygen atoms in total. The van der Waals surface area contributed by atoms with Gasteiger partial charge in [0.2, 0.25) is 6.41 Å². The van der Waals surface area contributed by atoms with Crippen molar-refractivity contribution in [2.45, 2.75) is 116 Å². The number of aliphatic hydroxyl groups is 1. The largest absolute Gasteiger partial charge is 0.497 e. The topological polar surface area (TPSA) is 49.8 Å². The Morgan fingerprint density at radius 3 is 1.71 bits per heavy atom. The van der Waals surface area contributed by atoms with Crippen molar-refractivity contribution in [1.82, 2.24) is 0 Å². The number of hydrogen-bond acceptors (Lipinski definition) is 3. The fourth-order valence-electron chi connectivity index (χ4n) is 4.13. The van der Waals surface area contributed by atoms with Gasteiger partial charge in [0.1, 0.15) is 5.75 Å². The maximum Gasteiger partial charge on any atom is 0.214 e. The molecule has 1 amide bonds. The maximum atomic E-state index is 11.6. The van der Waals surface area contributed by atoms with Gasteiger partial charge in [0, 0.05) is 18.2 Å². The Kier molecular flexibility index (Phi) is 17.0. The van der Waals surface area contributed by atoms with Crippen LogP contribution in [-0.2, 0) is 11.4 Å². The fourth-order valence-corrected chi connectivity index (χ4v) is 4.13. The van der Waals surface area contributed by atoms with Crippen molar-refractivity contribution in [3.63, 3.8) is 0 Å². The Labute approximate surface area is 191 Å². The summed E-state index contributed by atoms with van der Waals surface area (Å²) in [6.45, 7) is 2.88. The second-order valence-electron chi connectivity index (χ2n) is 8.75. The smallest absolute Gasteiger partial charge is 0.214 e. The molecule has 0 aliphatic rings. The third-order valence-corrected chi connectivity index (χ3v) is 6.15. The lowest BCUT2D eigenvalue weighted by atomic mass is 10.0. The summed E-state index contributed by atoms with van der Waals surface area (Å²) in [4.78, 5) is 13.3. The van der Waals surface area contributed by atoms with Crippen LogP contribution >= 0.6 is 0 Å². The molecule has 0 radical (unpaired) electrons. The van der Waals surface area contributed by atoms with Crippen LogP contribution in [0.3, 0.4) is 0 Å². The summed E-state index contributed by atoms with van der Waals surface area (Å²) in [5, 5.41) is 9.56. The molecule has 4 heteroatoms. The molecule has 0 fully saturated rings. The molecular formula is C27H47NO3. The van der Waals surface area contributed by atoms with Crippen LogP contribution in [0.5, 0.6) is 5.75 Å². The highest BCUT2D eigenvalue weighted by Crippen LogP contribution is 2.26. The Bertz CT molecular complexity index is 561. The number of methoxy groups -OCH3 is 1. The van der Waals surface area contributed by atoms with Crippen LogP contribution in [0.4, 0.5) is 5.69 Å². The molecule has 1 N–H and O–H groups in total. The average molecular weight is 434 g/mol. The van der Waals surface area contributed by atoms with Crippen molar-refractivity contribution in [2.75, 3.05) is 18.6 Å². The lowest BCUT2D eigenvalue weighted by Crippen LogP contribution is -2.23. The second kappa shape index (κ2) is 19.2. The van der Waals surface area contributed by atoms with E-state index in [2.05, 4.69) is 6.92 Å². The third-order valence-electron chi connectivity index (χ3n) is 6.15. The van der Waals surface area contributed by atoms with E-state index < -0.39 is 0 Å². The number of anilines is 1. The molecule has 178 valence electrons. The summed E-state index contributed by atoms with van der Waals surface area (Å²) >= 11 is 0. The normalized spacial score (nSPS) is 10.9. The monoisotopic (exact) mass is 433 g/mol. The van der Waals surface area contributed by atoms with Crippen LogP contribution < -0.4 is 9.64 Å². The molecule has 0 heterocycles. The van der Waals surface area contributed by atoms with Gasteiger partial charge in [-0.1, -0.05) is 109 Å². The summed E-state index contributed by atoms with van der Waals surface area (Å²) < 4.78 is 5.26. The number of carbonyl (C=O) groups excluding carboxylic acids is 1. The first-order valence-electron chi connectivity index (χ1n) is 12.8. The van der Waals surface area contributed by atoms with Crippen LogP contribution in [0.2, 0.25) is 0 Å². The number of benzene rings is 1. The number of hydrogen-bond donors (Lipinski definition) is 1. The van der Waals surface area contributed by atoms with Crippen molar-refractivity contribution in [3.8, 4) is 5.75 Å². The van der Waals surface area contributed by atoms with Crippen LogP contribution in [0.15, 0.2) is 18.2 Å². The van der Waals surface area contributed by atoms with Gasteiger partial charge in [0.25, 0.3) is 0 Å². The predicted octanol–water partition coefficient (Wildman–Crippen LogP) is 7.41. The number of rotatable bonds is 21. The molecule has 0 saturated heterocycles. The average Bonchev–Trinajstić information content (AvgIpc) is 2.80. The van der Waals surface area contributed by atoms with E-state index in [1.54, 1.807) is 12.0 Å². The van der Waals surface area contributed by atoms with Gasteiger partial charge in [-0.25, -0.2) is 0 Å². The quantitative estimate of drug-likeness (QED) is 0.162. The molecule has 1 rings (SSSR count). The minimum Gasteiger partial charge on any atom is -0.497 e.